The molecule has 1 rings (SSSR count). The Balaban J connectivity index is 0.00000361. The van der Waals surface area contributed by atoms with E-state index in [1.807, 2.05) is 31.2 Å². The zero-order chi connectivity index (χ0) is 14.3. The lowest BCUT2D eigenvalue weighted by Gasteiger charge is -2.15. The summed E-state index contributed by atoms with van der Waals surface area (Å²) < 4.78 is 5.06. The number of nitrogens with two attached hydrogens (primary N) is 1. The van der Waals surface area contributed by atoms with E-state index in [1.165, 1.54) is 0 Å². The molecule has 1 atom stereocenters. The maximum Gasteiger partial charge on any atom is 0.239 e. The van der Waals surface area contributed by atoms with Gasteiger partial charge in [0.1, 0.15) is 5.75 Å². The summed E-state index contributed by atoms with van der Waals surface area (Å²) in [5.74, 6) is 0.148. The van der Waals surface area contributed by atoms with Crippen LogP contribution in [-0.2, 0) is 9.59 Å². The summed E-state index contributed by atoms with van der Waals surface area (Å²) in [5.41, 5.74) is 6.08. The number of rotatable bonds is 6. The SMILES string of the molecule is COc1ccc(C(C)NC(=O)CNC(=O)CN)cc1.Cl. The van der Waals surface area contributed by atoms with Crippen molar-refractivity contribution in [3.05, 3.63) is 29.8 Å². The largest absolute Gasteiger partial charge is 0.497 e. The van der Waals surface area contributed by atoms with E-state index in [4.69, 9.17) is 10.5 Å². The summed E-state index contributed by atoms with van der Waals surface area (Å²) in [6.07, 6.45) is 0. The summed E-state index contributed by atoms with van der Waals surface area (Å²) >= 11 is 0. The van der Waals surface area contributed by atoms with Gasteiger partial charge >= 0.3 is 0 Å². The molecule has 0 radical (unpaired) electrons. The number of methoxy groups -OCH3 is 1. The van der Waals surface area contributed by atoms with Crippen LogP contribution in [0.1, 0.15) is 18.5 Å². The van der Waals surface area contributed by atoms with Crippen molar-refractivity contribution >= 4 is 24.2 Å². The van der Waals surface area contributed by atoms with Crippen LogP contribution in [0.4, 0.5) is 0 Å². The highest BCUT2D eigenvalue weighted by molar-refractivity contribution is 5.85. The number of amides is 2. The maximum absolute atomic E-state index is 11.6. The van der Waals surface area contributed by atoms with Crippen molar-refractivity contribution in [2.45, 2.75) is 13.0 Å². The summed E-state index contributed by atoms with van der Waals surface area (Å²) in [7, 11) is 1.60. The van der Waals surface area contributed by atoms with Gasteiger partial charge in [-0.2, -0.15) is 0 Å². The molecule has 0 saturated carbocycles. The number of halogens is 1. The molecular formula is C13H20ClN3O3. The first kappa shape index (κ1) is 18.2. The third kappa shape index (κ3) is 5.90. The molecule has 0 aliphatic heterocycles. The lowest BCUT2D eigenvalue weighted by atomic mass is 10.1. The molecule has 0 aliphatic rings. The highest BCUT2D eigenvalue weighted by Gasteiger charge is 2.10. The second-order valence-electron chi connectivity index (χ2n) is 4.04. The van der Waals surface area contributed by atoms with Crippen molar-refractivity contribution in [3.8, 4) is 5.75 Å². The molecule has 1 unspecified atom stereocenters. The highest BCUT2D eigenvalue weighted by atomic mass is 35.5. The number of hydrogen-bond donors (Lipinski definition) is 3. The van der Waals surface area contributed by atoms with Crippen molar-refractivity contribution in [3.63, 3.8) is 0 Å². The minimum Gasteiger partial charge on any atom is -0.497 e. The van der Waals surface area contributed by atoms with Gasteiger partial charge in [0.15, 0.2) is 0 Å². The van der Waals surface area contributed by atoms with Gasteiger partial charge in [-0.05, 0) is 24.6 Å². The summed E-state index contributed by atoms with van der Waals surface area (Å²) in [6.45, 7) is 1.67. The van der Waals surface area contributed by atoms with Crippen LogP contribution in [0.2, 0.25) is 0 Å². The Hall–Kier alpha value is -1.79. The lowest BCUT2D eigenvalue weighted by molar-refractivity contribution is -0.125. The van der Waals surface area contributed by atoms with Gasteiger partial charge in [-0.3, -0.25) is 9.59 Å². The molecule has 20 heavy (non-hydrogen) atoms. The number of carbonyl (C=O) groups is 2. The zero-order valence-corrected chi connectivity index (χ0v) is 12.3. The third-order valence-corrected chi connectivity index (χ3v) is 2.62. The van der Waals surface area contributed by atoms with E-state index in [0.717, 1.165) is 11.3 Å². The van der Waals surface area contributed by atoms with Crippen LogP contribution < -0.4 is 21.1 Å². The Morgan fingerprint density at radius 1 is 1.25 bits per heavy atom. The molecule has 1 aromatic rings. The summed E-state index contributed by atoms with van der Waals surface area (Å²) in [5, 5.41) is 5.19. The van der Waals surface area contributed by atoms with Gasteiger partial charge < -0.3 is 21.1 Å². The summed E-state index contributed by atoms with van der Waals surface area (Å²) in [4.78, 5) is 22.5. The van der Waals surface area contributed by atoms with Crippen molar-refractivity contribution in [2.75, 3.05) is 20.2 Å². The normalized spacial score (nSPS) is 10.9. The number of ether oxygens (including phenoxy) is 1. The molecule has 0 saturated heterocycles. The third-order valence-electron chi connectivity index (χ3n) is 2.62. The van der Waals surface area contributed by atoms with Crippen LogP contribution in [0.15, 0.2) is 24.3 Å². The Kier molecular flexibility index (Phi) is 8.35. The lowest BCUT2D eigenvalue weighted by Crippen LogP contribution is -2.40. The van der Waals surface area contributed by atoms with E-state index in [-0.39, 0.29) is 43.4 Å². The quantitative estimate of drug-likeness (QED) is 0.707. The molecule has 4 N–H and O–H groups in total. The average molecular weight is 302 g/mol. The van der Waals surface area contributed by atoms with Crippen LogP contribution in [0.5, 0.6) is 5.75 Å². The molecule has 0 fully saturated rings. The Morgan fingerprint density at radius 2 is 1.85 bits per heavy atom. The molecule has 0 aliphatic carbocycles. The van der Waals surface area contributed by atoms with Crippen LogP contribution in [0.3, 0.4) is 0 Å². The zero-order valence-electron chi connectivity index (χ0n) is 11.5. The first-order valence-corrected chi connectivity index (χ1v) is 5.97. The van der Waals surface area contributed by atoms with E-state index < -0.39 is 0 Å². The molecular weight excluding hydrogens is 282 g/mol. The van der Waals surface area contributed by atoms with Crippen molar-refractivity contribution in [1.29, 1.82) is 0 Å². The van der Waals surface area contributed by atoms with E-state index in [9.17, 15) is 9.59 Å². The number of benzene rings is 1. The van der Waals surface area contributed by atoms with Crippen molar-refractivity contribution < 1.29 is 14.3 Å². The minimum absolute atomic E-state index is 0. The van der Waals surface area contributed by atoms with E-state index in [0.29, 0.717) is 0 Å². The minimum atomic E-state index is -0.354. The fourth-order valence-corrected chi connectivity index (χ4v) is 1.52. The van der Waals surface area contributed by atoms with Crippen LogP contribution in [-0.4, -0.2) is 32.0 Å². The molecule has 6 nitrogen and oxygen atoms in total. The van der Waals surface area contributed by atoms with Crippen LogP contribution >= 0.6 is 12.4 Å². The van der Waals surface area contributed by atoms with Crippen LogP contribution in [0.25, 0.3) is 0 Å². The van der Waals surface area contributed by atoms with Gasteiger partial charge in [0.05, 0.1) is 26.2 Å². The highest BCUT2D eigenvalue weighted by Crippen LogP contribution is 2.16. The van der Waals surface area contributed by atoms with E-state index in [1.54, 1.807) is 7.11 Å². The number of hydrogen-bond acceptors (Lipinski definition) is 4. The fourth-order valence-electron chi connectivity index (χ4n) is 1.52. The predicted molar refractivity (Wildman–Crippen MR) is 78.9 cm³/mol. The maximum atomic E-state index is 11.6. The van der Waals surface area contributed by atoms with Gasteiger partial charge in [0.2, 0.25) is 11.8 Å². The Labute approximate surface area is 124 Å². The van der Waals surface area contributed by atoms with Gasteiger partial charge in [0.25, 0.3) is 0 Å². The molecule has 2 amide bonds. The smallest absolute Gasteiger partial charge is 0.239 e. The number of nitrogens with one attached hydrogen (secondary N) is 2. The standard InChI is InChI=1S/C13H19N3O3.ClH/c1-9(10-3-5-11(19-2)6-4-10)16-13(18)8-15-12(17)7-14;/h3-6,9H,7-8,14H2,1-2H3,(H,15,17)(H,16,18);1H. The van der Waals surface area contributed by atoms with Gasteiger partial charge in [-0.25, -0.2) is 0 Å². The predicted octanol–water partition coefficient (Wildman–Crippen LogP) is 0.369. The topological polar surface area (TPSA) is 93.5 Å². The van der Waals surface area contributed by atoms with Crippen molar-refractivity contribution in [1.82, 2.24) is 10.6 Å². The first-order valence-electron chi connectivity index (χ1n) is 5.97. The summed E-state index contributed by atoms with van der Waals surface area (Å²) in [6, 6.07) is 7.26. The number of carbonyl (C=O) groups excluding carboxylic acids is 2. The van der Waals surface area contributed by atoms with E-state index >= 15 is 0 Å². The van der Waals surface area contributed by atoms with Crippen molar-refractivity contribution in [2.24, 2.45) is 5.73 Å². The molecule has 0 heterocycles. The molecule has 0 aromatic heterocycles. The Morgan fingerprint density at radius 3 is 2.35 bits per heavy atom. The Bertz CT molecular complexity index is 437. The molecule has 0 spiro atoms. The average Bonchev–Trinajstić information content (AvgIpc) is 2.44. The molecule has 7 heteroatoms. The molecule has 0 bridgehead atoms. The van der Waals surface area contributed by atoms with Crippen LogP contribution in [0, 0.1) is 0 Å². The van der Waals surface area contributed by atoms with Gasteiger partial charge in [-0.15, -0.1) is 12.4 Å². The second-order valence-corrected chi connectivity index (χ2v) is 4.04. The molecule has 1 aromatic carbocycles. The second kappa shape index (κ2) is 9.17. The fraction of sp³-hybridized carbons (Fsp3) is 0.385. The van der Waals surface area contributed by atoms with Gasteiger partial charge in [-0.1, -0.05) is 12.1 Å². The molecule has 112 valence electrons. The first-order chi connectivity index (χ1) is 9.06. The van der Waals surface area contributed by atoms with Gasteiger partial charge in [0, 0.05) is 0 Å². The van der Waals surface area contributed by atoms with E-state index in [2.05, 4.69) is 10.6 Å². The monoisotopic (exact) mass is 301 g/mol.